The molecule has 4 nitrogen and oxygen atoms in total. The number of ether oxygens (including phenoxy) is 1. The van der Waals surface area contributed by atoms with Crippen LogP contribution >= 0.6 is 0 Å². The molecule has 2 fully saturated rings. The molecule has 0 aromatic carbocycles. The topological polar surface area (TPSA) is 46.6 Å². The lowest BCUT2D eigenvalue weighted by atomic mass is 10.2. The van der Waals surface area contributed by atoms with Crippen LogP contribution in [0.4, 0.5) is 0 Å². The van der Waals surface area contributed by atoms with Gasteiger partial charge in [-0.25, -0.2) is 0 Å². The van der Waals surface area contributed by atoms with Crippen LogP contribution in [0.15, 0.2) is 0 Å². The number of carbonyl (C=O) groups excluding carboxylic acids is 1. The van der Waals surface area contributed by atoms with Crippen LogP contribution in [0.1, 0.15) is 12.8 Å². The molecule has 0 aromatic rings. The highest BCUT2D eigenvalue weighted by Gasteiger charge is 2.29. The Bertz CT molecular complexity index is 240. The van der Waals surface area contributed by atoms with E-state index in [4.69, 9.17) is 4.74 Å². The number of amides is 1. The predicted octanol–water partition coefficient (Wildman–Crippen LogP) is -0.244. The van der Waals surface area contributed by atoms with Crippen LogP contribution in [0.2, 0.25) is 0 Å². The van der Waals surface area contributed by atoms with Crippen molar-refractivity contribution in [2.24, 2.45) is 0 Å². The fourth-order valence-electron chi connectivity index (χ4n) is 1.83. The molecule has 0 spiro atoms. The van der Waals surface area contributed by atoms with E-state index in [9.17, 15) is 9.00 Å². The quantitative estimate of drug-likeness (QED) is 0.609. The van der Waals surface area contributed by atoms with Gasteiger partial charge in [0.05, 0.1) is 0 Å². The summed E-state index contributed by atoms with van der Waals surface area (Å²) >= 11 is 0. The third-order valence-electron chi connectivity index (χ3n) is 2.69. The first-order chi connectivity index (χ1) is 6.77. The second-order valence-corrected chi connectivity index (χ2v) is 5.37. The summed E-state index contributed by atoms with van der Waals surface area (Å²) in [5, 5.41) is 0. The lowest BCUT2D eigenvalue weighted by Crippen LogP contribution is -2.46. The SMILES string of the molecule is O=C(C1CCCO1)N1CCS(=O)CC1. The number of carbonyl (C=O) groups is 1. The van der Waals surface area contributed by atoms with Gasteiger partial charge in [-0.15, -0.1) is 0 Å². The molecular weight excluding hydrogens is 202 g/mol. The van der Waals surface area contributed by atoms with E-state index in [0.717, 1.165) is 12.8 Å². The van der Waals surface area contributed by atoms with Crippen molar-refractivity contribution in [2.75, 3.05) is 31.2 Å². The first kappa shape index (κ1) is 10.1. The predicted molar refractivity (Wildman–Crippen MR) is 53.4 cm³/mol. The summed E-state index contributed by atoms with van der Waals surface area (Å²) in [5.74, 6) is 1.34. The van der Waals surface area contributed by atoms with Crippen molar-refractivity contribution in [1.82, 2.24) is 4.90 Å². The van der Waals surface area contributed by atoms with E-state index < -0.39 is 10.8 Å². The number of hydrogen-bond donors (Lipinski definition) is 0. The Kier molecular flexibility index (Phi) is 3.18. The Morgan fingerprint density at radius 2 is 2.07 bits per heavy atom. The molecule has 0 radical (unpaired) electrons. The van der Waals surface area contributed by atoms with Crippen LogP contribution in [-0.2, 0) is 20.3 Å². The van der Waals surface area contributed by atoms with Gasteiger partial charge in [0.1, 0.15) is 6.10 Å². The molecule has 1 unspecified atom stereocenters. The van der Waals surface area contributed by atoms with Gasteiger partial charge in [0.15, 0.2) is 0 Å². The Labute approximate surface area is 86.1 Å². The van der Waals surface area contributed by atoms with Crippen molar-refractivity contribution in [3.05, 3.63) is 0 Å². The zero-order chi connectivity index (χ0) is 9.97. The molecule has 0 bridgehead atoms. The maximum atomic E-state index is 11.8. The van der Waals surface area contributed by atoms with Crippen molar-refractivity contribution < 1.29 is 13.7 Å². The first-order valence-electron chi connectivity index (χ1n) is 5.03. The minimum Gasteiger partial charge on any atom is -0.368 e. The van der Waals surface area contributed by atoms with Crippen molar-refractivity contribution in [1.29, 1.82) is 0 Å². The van der Waals surface area contributed by atoms with Gasteiger partial charge in [0.25, 0.3) is 5.91 Å². The highest BCUT2D eigenvalue weighted by Crippen LogP contribution is 2.15. The molecule has 2 aliphatic heterocycles. The molecule has 0 aromatic heterocycles. The Morgan fingerprint density at radius 3 is 2.64 bits per heavy atom. The average Bonchev–Trinajstić information content (AvgIpc) is 2.71. The minimum absolute atomic E-state index is 0.0965. The summed E-state index contributed by atoms with van der Waals surface area (Å²) in [5.41, 5.74) is 0. The lowest BCUT2D eigenvalue weighted by Gasteiger charge is -2.28. The maximum absolute atomic E-state index is 11.8. The van der Waals surface area contributed by atoms with E-state index in [0.29, 0.717) is 31.2 Å². The molecule has 2 heterocycles. The van der Waals surface area contributed by atoms with Crippen molar-refractivity contribution in [3.63, 3.8) is 0 Å². The molecule has 80 valence electrons. The lowest BCUT2D eigenvalue weighted by molar-refractivity contribution is -0.140. The molecule has 14 heavy (non-hydrogen) atoms. The molecule has 2 saturated heterocycles. The van der Waals surface area contributed by atoms with Gasteiger partial charge >= 0.3 is 0 Å². The zero-order valence-corrected chi connectivity index (χ0v) is 8.92. The van der Waals surface area contributed by atoms with Crippen LogP contribution in [0, 0.1) is 0 Å². The minimum atomic E-state index is -0.714. The smallest absolute Gasteiger partial charge is 0.251 e. The van der Waals surface area contributed by atoms with E-state index in [-0.39, 0.29) is 12.0 Å². The average molecular weight is 217 g/mol. The van der Waals surface area contributed by atoms with Crippen LogP contribution in [0.5, 0.6) is 0 Å². The Balaban J connectivity index is 1.88. The molecule has 2 rings (SSSR count). The summed E-state index contributed by atoms with van der Waals surface area (Å²) < 4.78 is 16.4. The fraction of sp³-hybridized carbons (Fsp3) is 0.889. The Hall–Kier alpha value is -0.420. The molecule has 0 aliphatic carbocycles. The molecule has 5 heteroatoms. The van der Waals surface area contributed by atoms with Gasteiger partial charge < -0.3 is 9.64 Å². The van der Waals surface area contributed by atoms with Gasteiger partial charge in [0.2, 0.25) is 0 Å². The van der Waals surface area contributed by atoms with Crippen LogP contribution in [-0.4, -0.2) is 52.3 Å². The normalized spacial score (nSPS) is 29.4. The number of hydrogen-bond acceptors (Lipinski definition) is 3. The summed E-state index contributed by atoms with van der Waals surface area (Å²) in [6.45, 7) is 1.97. The summed E-state index contributed by atoms with van der Waals surface area (Å²) in [6, 6.07) is 0. The van der Waals surface area contributed by atoms with Crippen molar-refractivity contribution in [3.8, 4) is 0 Å². The first-order valence-corrected chi connectivity index (χ1v) is 6.51. The summed E-state index contributed by atoms with van der Waals surface area (Å²) in [7, 11) is -0.714. The van der Waals surface area contributed by atoms with Gasteiger partial charge in [-0.05, 0) is 12.8 Å². The molecule has 0 saturated carbocycles. The van der Waals surface area contributed by atoms with Crippen LogP contribution in [0.3, 0.4) is 0 Å². The molecule has 1 atom stereocenters. The molecule has 0 N–H and O–H groups in total. The van der Waals surface area contributed by atoms with Gasteiger partial charge in [-0.1, -0.05) is 0 Å². The second kappa shape index (κ2) is 4.40. The monoisotopic (exact) mass is 217 g/mol. The summed E-state index contributed by atoms with van der Waals surface area (Å²) in [6.07, 6.45) is 1.61. The fourth-order valence-corrected chi connectivity index (χ4v) is 2.89. The molecular formula is C9H15NO3S. The third kappa shape index (κ3) is 2.15. The molecule has 2 aliphatic rings. The van der Waals surface area contributed by atoms with E-state index in [2.05, 4.69) is 0 Å². The standard InChI is InChI=1S/C9H15NO3S/c11-9(8-2-1-5-13-8)10-3-6-14(12)7-4-10/h8H,1-7H2. The summed E-state index contributed by atoms with van der Waals surface area (Å²) in [4.78, 5) is 13.6. The maximum Gasteiger partial charge on any atom is 0.251 e. The van der Waals surface area contributed by atoms with Gasteiger partial charge in [-0.3, -0.25) is 9.00 Å². The third-order valence-corrected chi connectivity index (χ3v) is 3.97. The zero-order valence-electron chi connectivity index (χ0n) is 8.11. The second-order valence-electron chi connectivity index (χ2n) is 3.68. The largest absolute Gasteiger partial charge is 0.368 e. The molecule has 1 amide bonds. The van der Waals surface area contributed by atoms with Crippen LogP contribution in [0.25, 0.3) is 0 Å². The van der Waals surface area contributed by atoms with Gasteiger partial charge in [0, 0.05) is 42.0 Å². The number of rotatable bonds is 1. The van der Waals surface area contributed by atoms with E-state index in [1.54, 1.807) is 4.90 Å². The Morgan fingerprint density at radius 1 is 1.36 bits per heavy atom. The highest BCUT2D eigenvalue weighted by atomic mass is 32.2. The number of nitrogens with zero attached hydrogens (tertiary/aromatic N) is 1. The van der Waals surface area contributed by atoms with E-state index >= 15 is 0 Å². The van der Waals surface area contributed by atoms with Gasteiger partial charge in [-0.2, -0.15) is 0 Å². The van der Waals surface area contributed by atoms with E-state index in [1.165, 1.54) is 0 Å². The van der Waals surface area contributed by atoms with Crippen molar-refractivity contribution >= 4 is 16.7 Å². The van der Waals surface area contributed by atoms with Crippen molar-refractivity contribution in [2.45, 2.75) is 18.9 Å². The van der Waals surface area contributed by atoms with Crippen LogP contribution < -0.4 is 0 Å². The van der Waals surface area contributed by atoms with E-state index in [1.807, 2.05) is 0 Å². The highest BCUT2D eigenvalue weighted by molar-refractivity contribution is 7.85.